The van der Waals surface area contributed by atoms with Gasteiger partial charge < -0.3 is 16.0 Å². The Morgan fingerprint density at radius 1 is 1.17 bits per heavy atom. The molecule has 0 heterocycles. The molecule has 3 N–H and O–H groups in total. The van der Waals surface area contributed by atoms with Gasteiger partial charge in [0.1, 0.15) is 9.84 Å². The van der Waals surface area contributed by atoms with Crippen molar-refractivity contribution in [3.63, 3.8) is 0 Å². The second-order valence-electron chi connectivity index (χ2n) is 6.40. The van der Waals surface area contributed by atoms with E-state index in [1.807, 2.05) is 34.6 Å². The minimum Gasteiger partial charge on any atom is -0.357 e. The number of guanidine groups is 1. The van der Waals surface area contributed by atoms with E-state index in [-0.39, 0.29) is 41.7 Å². The van der Waals surface area contributed by atoms with Crippen LogP contribution in [0.2, 0.25) is 0 Å². The zero-order chi connectivity index (χ0) is 18.1. The van der Waals surface area contributed by atoms with E-state index < -0.39 is 15.3 Å². The quantitative estimate of drug-likeness (QED) is 0.263. The molecule has 0 aliphatic rings. The summed E-state index contributed by atoms with van der Waals surface area (Å²) in [5.74, 6) is 0.681. The van der Waals surface area contributed by atoms with Crippen LogP contribution >= 0.6 is 24.0 Å². The Kier molecular flexibility index (Phi) is 12.7. The molecule has 7 nitrogen and oxygen atoms in total. The van der Waals surface area contributed by atoms with Gasteiger partial charge in [-0.3, -0.25) is 9.79 Å². The number of hydrogen-bond acceptors (Lipinski definition) is 4. The lowest BCUT2D eigenvalue weighted by atomic mass is 9.92. The molecule has 0 radical (unpaired) electrons. The van der Waals surface area contributed by atoms with Crippen LogP contribution in [-0.4, -0.2) is 58.0 Å². The number of sulfone groups is 1. The molecule has 0 aromatic heterocycles. The van der Waals surface area contributed by atoms with Crippen molar-refractivity contribution in [1.29, 1.82) is 0 Å². The fourth-order valence-corrected chi connectivity index (χ4v) is 2.55. The molecule has 24 heavy (non-hydrogen) atoms. The summed E-state index contributed by atoms with van der Waals surface area (Å²) in [4.78, 5) is 16.4. The van der Waals surface area contributed by atoms with Gasteiger partial charge >= 0.3 is 0 Å². The number of halogens is 1. The molecule has 0 fully saturated rings. The van der Waals surface area contributed by atoms with Crippen molar-refractivity contribution in [2.45, 2.75) is 47.1 Å². The van der Waals surface area contributed by atoms with E-state index >= 15 is 0 Å². The van der Waals surface area contributed by atoms with Crippen molar-refractivity contribution in [3.8, 4) is 0 Å². The predicted molar refractivity (Wildman–Crippen MR) is 111 cm³/mol. The average molecular weight is 476 g/mol. The Bertz CT molecular complexity index is 507. The molecule has 0 saturated carbocycles. The maximum Gasteiger partial charge on any atom is 0.227 e. The fraction of sp³-hybridized carbons (Fsp3) is 0.867. The highest BCUT2D eigenvalue weighted by Gasteiger charge is 2.27. The Hall–Kier alpha value is -0.580. The minimum absolute atomic E-state index is 0. The minimum atomic E-state index is -2.97. The van der Waals surface area contributed by atoms with E-state index in [4.69, 9.17) is 0 Å². The molecule has 1 unspecified atom stereocenters. The van der Waals surface area contributed by atoms with Crippen LogP contribution < -0.4 is 16.0 Å². The summed E-state index contributed by atoms with van der Waals surface area (Å²) < 4.78 is 22.4. The van der Waals surface area contributed by atoms with Crippen LogP contribution in [0.3, 0.4) is 0 Å². The first-order chi connectivity index (χ1) is 10.5. The van der Waals surface area contributed by atoms with E-state index in [1.54, 1.807) is 0 Å². The van der Waals surface area contributed by atoms with Crippen LogP contribution in [0.25, 0.3) is 0 Å². The van der Waals surface area contributed by atoms with Gasteiger partial charge in [0.2, 0.25) is 5.91 Å². The summed E-state index contributed by atoms with van der Waals surface area (Å²) >= 11 is 0. The SMILES string of the molecule is CCNC(=O)C(C)(C)CN=C(NCC)NC(C)CCS(C)(=O)=O.I. The zero-order valence-electron chi connectivity index (χ0n) is 15.6. The maximum absolute atomic E-state index is 12.0. The molecule has 0 aromatic rings. The molecular formula is C15H33IN4O3S. The third-order valence-electron chi connectivity index (χ3n) is 3.23. The van der Waals surface area contributed by atoms with Gasteiger partial charge in [-0.25, -0.2) is 8.42 Å². The molecule has 1 amide bonds. The Morgan fingerprint density at radius 3 is 2.17 bits per heavy atom. The molecule has 144 valence electrons. The summed E-state index contributed by atoms with van der Waals surface area (Å²) in [6, 6.07) is -0.0323. The number of rotatable bonds is 9. The van der Waals surface area contributed by atoms with E-state index in [0.717, 1.165) is 0 Å². The average Bonchev–Trinajstić information content (AvgIpc) is 2.42. The van der Waals surface area contributed by atoms with Crippen LogP contribution in [0, 0.1) is 5.41 Å². The summed E-state index contributed by atoms with van der Waals surface area (Å²) in [5, 5.41) is 9.09. The van der Waals surface area contributed by atoms with Gasteiger partial charge in [-0.2, -0.15) is 0 Å². The van der Waals surface area contributed by atoms with E-state index in [0.29, 0.717) is 32.0 Å². The van der Waals surface area contributed by atoms with Gasteiger partial charge in [0.15, 0.2) is 5.96 Å². The molecule has 0 aromatic carbocycles. The van der Waals surface area contributed by atoms with Gasteiger partial charge in [0, 0.05) is 25.4 Å². The maximum atomic E-state index is 12.0. The highest BCUT2D eigenvalue weighted by molar-refractivity contribution is 14.0. The van der Waals surface area contributed by atoms with Gasteiger partial charge in [0.25, 0.3) is 0 Å². The molecule has 9 heteroatoms. The number of amides is 1. The summed E-state index contributed by atoms with van der Waals surface area (Å²) in [6.07, 6.45) is 1.73. The summed E-state index contributed by atoms with van der Waals surface area (Å²) in [6.45, 7) is 11.1. The first-order valence-electron chi connectivity index (χ1n) is 8.02. The molecule has 0 bridgehead atoms. The van der Waals surface area contributed by atoms with E-state index in [9.17, 15) is 13.2 Å². The van der Waals surface area contributed by atoms with Crippen molar-refractivity contribution in [2.24, 2.45) is 10.4 Å². The molecule has 0 aliphatic heterocycles. The molecule has 0 rings (SSSR count). The molecule has 0 spiro atoms. The largest absolute Gasteiger partial charge is 0.357 e. The highest BCUT2D eigenvalue weighted by Crippen LogP contribution is 2.15. The summed E-state index contributed by atoms with van der Waals surface area (Å²) in [5.41, 5.74) is -0.603. The number of aliphatic imine (C=N–C) groups is 1. The lowest BCUT2D eigenvalue weighted by molar-refractivity contribution is -0.128. The lowest BCUT2D eigenvalue weighted by Crippen LogP contribution is -2.44. The number of nitrogens with one attached hydrogen (secondary N) is 3. The molecule has 0 aliphatic carbocycles. The van der Waals surface area contributed by atoms with Crippen molar-refractivity contribution in [2.75, 3.05) is 31.6 Å². The number of hydrogen-bond donors (Lipinski definition) is 3. The molecule has 1 atom stereocenters. The van der Waals surface area contributed by atoms with Gasteiger partial charge in [-0.15, -0.1) is 24.0 Å². The zero-order valence-corrected chi connectivity index (χ0v) is 18.7. The number of carbonyl (C=O) groups excluding carboxylic acids is 1. The Morgan fingerprint density at radius 2 is 1.71 bits per heavy atom. The third kappa shape index (κ3) is 11.9. The van der Waals surface area contributed by atoms with Crippen LogP contribution in [0.15, 0.2) is 4.99 Å². The third-order valence-corrected chi connectivity index (χ3v) is 4.21. The summed E-state index contributed by atoms with van der Waals surface area (Å²) in [7, 11) is -2.97. The second kappa shape index (κ2) is 11.9. The van der Waals surface area contributed by atoms with Crippen molar-refractivity contribution in [3.05, 3.63) is 0 Å². The first-order valence-corrected chi connectivity index (χ1v) is 10.1. The van der Waals surface area contributed by atoms with Gasteiger partial charge in [0.05, 0.1) is 17.7 Å². The lowest BCUT2D eigenvalue weighted by Gasteiger charge is -2.23. The van der Waals surface area contributed by atoms with Gasteiger partial charge in [-0.1, -0.05) is 0 Å². The topological polar surface area (TPSA) is 99.7 Å². The van der Waals surface area contributed by atoms with Crippen LogP contribution in [0.4, 0.5) is 0 Å². The smallest absolute Gasteiger partial charge is 0.227 e. The monoisotopic (exact) mass is 476 g/mol. The standard InChI is InChI=1S/C15H32N4O3S.HI/c1-7-16-13(20)15(4,5)11-18-14(17-8-2)19-12(3)9-10-23(6,21)22;/h12H,7-11H2,1-6H3,(H,16,20)(H2,17,18,19);1H. The fourth-order valence-electron chi connectivity index (χ4n) is 1.76. The van der Waals surface area contributed by atoms with Crippen LogP contribution in [-0.2, 0) is 14.6 Å². The van der Waals surface area contributed by atoms with Crippen molar-refractivity contribution >= 4 is 45.7 Å². The Balaban J connectivity index is 0. The molecular weight excluding hydrogens is 443 g/mol. The highest BCUT2D eigenvalue weighted by atomic mass is 127. The second-order valence-corrected chi connectivity index (χ2v) is 8.66. The number of carbonyl (C=O) groups is 1. The van der Waals surface area contributed by atoms with Crippen LogP contribution in [0.5, 0.6) is 0 Å². The Labute approximate surface area is 163 Å². The van der Waals surface area contributed by atoms with E-state index in [2.05, 4.69) is 20.9 Å². The van der Waals surface area contributed by atoms with Crippen molar-refractivity contribution < 1.29 is 13.2 Å². The van der Waals surface area contributed by atoms with Crippen molar-refractivity contribution in [1.82, 2.24) is 16.0 Å². The van der Waals surface area contributed by atoms with Gasteiger partial charge in [-0.05, 0) is 41.0 Å². The van der Waals surface area contributed by atoms with E-state index in [1.165, 1.54) is 6.26 Å². The number of nitrogens with zero attached hydrogens (tertiary/aromatic N) is 1. The normalized spacial score (nSPS) is 13.7. The first kappa shape index (κ1) is 25.7. The predicted octanol–water partition coefficient (Wildman–Crippen LogP) is 1.15. The van der Waals surface area contributed by atoms with Crippen LogP contribution in [0.1, 0.15) is 41.0 Å². The molecule has 0 saturated heterocycles.